The summed E-state index contributed by atoms with van der Waals surface area (Å²) >= 11 is 0. The van der Waals surface area contributed by atoms with E-state index in [1.807, 2.05) is 0 Å². The van der Waals surface area contributed by atoms with Crippen molar-refractivity contribution >= 4 is 0 Å². The predicted octanol–water partition coefficient (Wildman–Crippen LogP) is 1.32. The van der Waals surface area contributed by atoms with Crippen LogP contribution >= 0.6 is 0 Å². The molecule has 0 saturated carbocycles. The van der Waals surface area contributed by atoms with Gasteiger partial charge in [0.2, 0.25) is 0 Å². The quantitative estimate of drug-likeness (QED) is 0.480. The predicted molar refractivity (Wildman–Crippen MR) is 24.2 cm³/mol. The molecule has 0 amide bonds. The van der Waals surface area contributed by atoms with Crippen LogP contribution in [0.2, 0.25) is 0 Å². The van der Waals surface area contributed by atoms with Crippen molar-refractivity contribution in [2.45, 2.75) is 20.3 Å². The minimum Gasteiger partial charge on any atom is -0.366 e. The van der Waals surface area contributed by atoms with Gasteiger partial charge in [-0.15, -0.1) is 0 Å². The van der Waals surface area contributed by atoms with Crippen molar-refractivity contribution in [2.75, 3.05) is 6.86 Å². The molecule has 0 aliphatic heterocycles. The zero-order valence-corrected chi connectivity index (χ0v) is 4.24. The molecule has 1 N–H and O–H groups in total. The molecule has 2 heteroatoms. The van der Waals surface area contributed by atoms with Crippen LogP contribution in [0, 0.1) is 0 Å². The van der Waals surface area contributed by atoms with Crippen molar-refractivity contribution in [3.8, 4) is 0 Å². The van der Waals surface area contributed by atoms with Gasteiger partial charge in [0, 0.05) is 0 Å². The summed E-state index contributed by atoms with van der Waals surface area (Å²) in [5.41, 5.74) is 0. The van der Waals surface area contributed by atoms with E-state index in [0.717, 1.165) is 0 Å². The normalized spacial score (nSPS) is 6.00. The fourth-order valence-electron chi connectivity index (χ4n) is 0. The Morgan fingerprint density at radius 3 is 1.50 bits per heavy atom. The largest absolute Gasteiger partial charge is 0.366 e. The van der Waals surface area contributed by atoms with Crippen molar-refractivity contribution < 1.29 is 9.50 Å². The van der Waals surface area contributed by atoms with Gasteiger partial charge < -0.3 is 5.11 Å². The van der Waals surface area contributed by atoms with Crippen LogP contribution in [0.15, 0.2) is 0 Å². The van der Waals surface area contributed by atoms with E-state index in [1.165, 1.54) is 6.42 Å². The summed E-state index contributed by atoms with van der Waals surface area (Å²) in [5.74, 6) is 0. The number of rotatable bonds is 0. The molecule has 0 aliphatic carbocycles. The zero-order chi connectivity index (χ0) is 5.41. The summed E-state index contributed by atoms with van der Waals surface area (Å²) in [6.07, 6.45) is 1.25. The van der Waals surface area contributed by atoms with Crippen LogP contribution in [-0.4, -0.2) is 12.0 Å². The number of alkyl halides is 1. The van der Waals surface area contributed by atoms with Gasteiger partial charge in [0.05, 0.1) is 0 Å². The topological polar surface area (TPSA) is 20.2 Å². The molecule has 0 aromatic rings. The highest BCUT2D eigenvalue weighted by Gasteiger charge is 1.38. The molecule has 0 atom stereocenters. The maximum absolute atomic E-state index is 9.85. The number of hydrogen-bond acceptors (Lipinski definition) is 1. The highest BCUT2D eigenvalue weighted by atomic mass is 19.1. The monoisotopic (exact) mass is 94.1 g/mol. The molecule has 0 aromatic heterocycles. The van der Waals surface area contributed by atoms with Crippen molar-refractivity contribution in [1.29, 1.82) is 0 Å². The van der Waals surface area contributed by atoms with Gasteiger partial charge in [-0.25, -0.2) is 4.39 Å². The average molecular weight is 94.1 g/mol. The fraction of sp³-hybridized carbons (Fsp3) is 1.00. The summed E-state index contributed by atoms with van der Waals surface area (Å²) in [6.45, 7) is 3.00. The number of aliphatic hydroxyl groups excluding tert-OH is 1. The second-order valence-corrected chi connectivity index (χ2v) is 0.827. The average Bonchev–Trinajstić information content (AvgIpc) is 1.39. The lowest BCUT2D eigenvalue weighted by Gasteiger charge is -1.49. The van der Waals surface area contributed by atoms with Gasteiger partial charge >= 0.3 is 0 Å². The minimum atomic E-state index is -1.25. The van der Waals surface area contributed by atoms with E-state index in [2.05, 4.69) is 13.8 Å². The Kier molecular flexibility index (Phi) is 32.1. The van der Waals surface area contributed by atoms with Crippen LogP contribution in [0.25, 0.3) is 0 Å². The van der Waals surface area contributed by atoms with Crippen molar-refractivity contribution in [3.63, 3.8) is 0 Å². The van der Waals surface area contributed by atoms with E-state index in [9.17, 15) is 4.39 Å². The van der Waals surface area contributed by atoms with Gasteiger partial charge in [0.25, 0.3) is 0 Å². The van der Waals surface area contributed by atoms with Crippen LogP contribution in [0.4, 0.5) is 4.39 Å². The van der Waals surface area contributed by atoms with Crippen molar-refractivity contribution in [3.05, 3.63) is 0 Å². The molecule has 0 fully saturated rings. The van der Waals surface area contributed by atoms with Crippen LogP contribution in [0.5, 0.6) is 0 Å². The molecule has 0 radical (unpaired) electrons. The Balaban J connectivity index is 0. The van der Waals surface area contributed by atoms with Gasteiger partial charge in [-0.3, -0.25) is 0 Å². The molecular formula is C4H11FO. The molecule has 0 heterocycles. The maximum atomic E-state index is 9.85. The fourth-order valence-corrected chi connectivity index (χ4v) is 0. The van der Waals surface area contributed by atoms with E-state index >= 15 is 0 Å². The lowest BCUT2D eigenvalue weighted by molar-refractivity contribution is 0.168. The summed E-state index contributed by atoms with van der Waals surface area (Å²) < 4.78 is 9.85. The van der Waals surface area contributed by atoms with Crippen LogP contribution in [0.1, 0.15) is 20.3 Å². The Labute approximate surface area is 37.8 Å². The third kappa shape index (κ3) is 2690. The molecule has 0 aromatic carbocycles. The molecule has 0 bridgehead atoms. The Hall–Kier alpha value is -0.110. The molecule has 0 rings (SSSR count). The first kappa shape index (κ1) is 9.31. The van der Waals surface area contributed by atoms with Crippen LogP contribution < -0.4 is 0 Å². The van der Waals surface area contributed by atoms with Gasteiger partial charge in [-0.2, -0.15) is 0 Å². The number of aliphatic hydroxyl groups is 1. The Morgan fingerprint density at radius 2 is 1.50 bits per heavy atom. The van der Waals surface area contributed by atoms with E-state index in [-0.39, 0.29) is 0 Å². The first-order valence-electron chi connectivity index (χ1n) is 2.00. The van der Waals surface area contributed by atoms with Gasteiger partial charge in [-0.05, 0) is 0 Å². The third-order valence-corrected chi connectivity index (χ3v) is 0. The summed E-state index contributed by atoms with van der Waals surface area (Å²) in [6, 6.07) is 0. The maximum Gasteiger partial charge on any atom is 0.185 e. The minimum absolute atomic E-state index is 1.25. The Bertz CT molecular complexity index is 9.51. The molecule has 6 heavy (non-hydrogen) atoms. The van der Waals surface area contributed by atoms with E-state index in [4.69, 9.17) is 5.11 Å². The molecular weight excluding hydrogens is 83.0 g/mol. The SMILES string of the molecule is CCC.OCF. The first-order valence-corrected chi connectivity index (χ1v) is 2.00. The summed E-state index contributed by atoms with van der Waals surface area (Å²) in [4.78, 5) is 0. The second-order valence-electron chi connectivity index (χ2n) is 0.827. The number of hydrogen-bond donors (Lipinski definition) is 1. The van der Waals surface area contributed by atoms with Gasteiger partial charge in [-0.1, -0.05) is 20.3 Å². The van der Waals surface area contributed by atoms with E-state index in [0.29, 0.717) is 0 Å². The van der Waals surface area contributed by atoms with Crippen LogP contribution in [-0.2, 0) is 0 Å². The zero-order valence-electron chi connectivity index (χ0n) is 4.24. The molecule has 40 valence electrons. The van der Waals surface area contributed by atoms with Gasteiger partial charge in [0.15, 0.2) is 6.86 Å². The molecule has 0 spiro atoms. The Morgan fingerprint density at radius 1 is 1.50 bits per heavy atom. The molecule has 1 nitrogen and oxygen atoms in total. The summed E-state index contributed by atoms with van der Waals surface area (Å²) in [7, 11) is 0. The first-order chi connectivity index (χ1) is 2.83. The molecule has 0 saturated heterocycles. The number of halogens is 1. The van der Waals surface area contributed by atoms with Crippen LogP contribution in [0.3, 0.4) is 0 Å². The van der Waals surface area contributed by atoms with Gasteiger partial charge in [0.1, 0.15) is 0 Å². The molecule has 0 unspecified atom stereocenters. The smallest absolute Gasteiger partial charge is 0.185 e. The third-order valence-electron chi connectivity index (χ3n) is 0. The highest BCUT2D eigenvalue weighted by molar-refractivity contribution is 3.92. The lowest BCUT2D eigenvalue weighted by Crippen LogP contribution is -1.53. The van der Waals surface area contributed by atoms with Crippen molar-refractivity contribution in [2.24, 2.45) is 0 Å². The van der Waals surface area contributed by atoms with E-state index in [1.54, 1.807) is 0 Å². The highest BCUT2D eigenvalue weighted by Crippen LogP contribution is 1.56. The second kappa shape index (κ2) is 20.7. The standard InChI is InChI=1S/C3H8.CH3FO/c1-3-2;2-1-3/h3H2,1-2H3;3H,1H2. The summed E-state index contributed by atoms with van der Waals surface area (Å²) in [5, 5.41) is 6.90. The van der Waals surface area contributed by atoms with E-state index < -0.39 is 6.86 Å². The molecule has 0 aliphatic rings. The van der Waals surface area contributed by atoms with Crippen molar-refractivity contribution in [1.82, 2.24) is 0 Å². The lowest BCUT2D eigenvalue weighted by atomic mass is 10.6.